The minimum absolute atomic E-state index is 0.420. The molecule has 1 atom stereocenters. The number of anilines is 1. The number of hydrogen-bond donors (Lipinski definition) is 2. The highest BCUT2D eigenvalue weighted by Gasteiger charge is 2.21. The molecule has 0 saturated carbocycles. The van der Waals surface area contributed by atoms with Crippen LogP contribution in [-0.4, -0.2) is 15.7 Å². The lowest BCUT2D eigenvalue weighted by atomic mass is 10.1. The van der Waals surface area contributed by atoms with E-state index in [2.05, 4.69) is 10.4 Å². The topological polar surface area (TPSA) is 72.9 Å². The van der Waals surface area contributed by atoms with Crippen molar-refractivity contribution in [2.24, 2.45) is 12.8 Å². The van der Waals surface area contributed by atoms with E-state index in [4.69, 9.17) is 5.73 Å². The summed E-state index contributed by atoms with van der Waals surface area (Å²) in [6, 6.07) is 7.25. The van der Waals surface area contributed by atoms with Crippen LogP contribution in [0.15, 0.2) is 30.5 Å². The number of amides is 1. The molecule has 100 valence electrons. The predicted molar refractivity (Wildman–Crippen MR) is 74.7 cm³/mol. The molecule has 1 unspecified atom stereocenters. The normalized spacial score (nSPS) is 12.2. The minimum Gasteiger partial charge on any atom is -0.370 e. The lowest BCUT2D eigenvalue weighted by Crippen LogP contribution is -2.28. The van der Waals surface area contributed by atoms with Gasteiger partial charge in [-0.3, -0.25) is 9.48 Å². The smallest absolute Gasteiger partial charge is 0.244 e. The molecule has 0 spiro atoms. The summed E-state index contributed by atoms with van der Waals surface area (Å²) in [6.07, 6.45) is 1.67. The highest BCUT2D eigenvalue weighted by Crippen LogP contribution is 2.22. The van der Waals surface area contributed by atoms with Crippen LogP contribution in [-0.2, 0) is 11.8 Å². The predicted octanol–water partition coefficient (Wildman–Crippen LogP) is 1.68. The zero-order valence-electron chi connectivity index (χ0n) is 11.3. The van der Waals surface area contributed by atoms with Crippen molar-refractivity contribution >= 4 is 11.6 Å². The summed E-state index contributed by atoms with van der Waals surface area (Å²) in [5, 5.41) is 7.29. The molecule has 5 heteroatoms. The number of rotatable bonds is 4. The van der Waals surface area contributed by atoms with Gasteiger partial charge in [0.1, 0.15) is 6.04 Å². The lowest BCUT2D eigenvalue weighted by Gasteiger charge is -2.16. The fraction of sp³-hybridized carbons (Fsp3) is 0.286. The Morgan fingerprint density at radius 3 is 2.42 bits per heavy atom. The molecular weight excluding hydrogens is 240 g/mol. The van der Waals surface area contributed by atoms with Crippen LogP contribution in [0.2, 0.25) is 0 Å². The quantitative estimate of drug-likeness (QED) is 0.876. The van der Waals surface area contributed by atoms with Gasteiger partial charge in [0.2, 0.25) is 5.91 Å². The maximum atomic E-state index is 11.7. The van der Waals surface area contributed by atoms with Crippen LogP contribution in [0.25, 0.3) is 0 Å². The highest BCUT2D eigenvalue weighted by molar-refractivity contribution is 5.84. The van der Waals surface area contributed by atoms with E-state index in [-0.39, 0.29) is 0 Å². The van der Waals surface area contributed by atoms with Gasteiger partial charge in [-0.15, -0.1) is 0 Å². The van der Waals surface area contributed by atoms with Crippen LogP contribution < -0.4 is 11.1 Å². The Morgan fingerprint density at radius 1 is 1.32 bits per heavy atom. The van der Waals surface area contributed by atoms with Crippen molar-refractivity contribution in [2.45, 2.75) is 19.9 Å². The van der Waals surface area contributed by atoms with Gasteiger partial charge in [-0.2, -0.15) is 5.10 Å². The summed E-state index contributed by atoms with van der Waals surface area (Å²) in [4.78, 5) is 11.7. The van der Waals surface area contributed by atoms with Crippen molar-refractivity contribution in [1.29, 1.82) is 0 Å². The van der Waals surface area contributed by atoms with E-state index < -0.39 is 11.9 Å². The molecule has 0 bridgehead atoms. The maximum absolute atomic E-state index is 11.7. The monoisotopic (exact) mass is 258 g/mol. The Balaban J connectivity index is 2.29. The number of nitrogens with two attached hydrogens (primary N) is 1. The molecule has 0 aliphatic heterocycles. The van der Waals surface area contributed by atoms with Gasteiger partial charge in [0, 0.05) is 24.0 Å². The Morgan fingerprint density at radius 2 is 1.95 bits per heavy atom. The van der Waals surface area contributed by atoms with E-state index >= 15 is 0 Å². The van der Waals surface area contributed by atoms with Gasteiger partial charge in [-0.25, -0.2) is 0 Å². The first-order chi connectivity index (χ1) is 8.99. The number of aromatic nitrogens is 2. The number of primary amides is 1. The van der Waals surface area contributed by atoms with Crippen molar-refractivity contribution in [2.75, 3.05) is 5.32 Å². The van der Waals surface area contributed by atoms with Gasteiger partial charge >= 0.3 is 0 Å². The molecule has 2 rings (SSSR count). The standard InChI is InChI=1S/C14H18N4O/c1-9-4-6-11(7-5-9)17-13(14(15)19)12-8-16-18(3)10(12)2/h4-8,13,17H,1-3H3,(H2,15,19). The summed E-state index contributed by atoms with van der Waals surface area (Å²) in [7, 11) is 1.84. The summed E-state index contributed by atoms with van der Waals surface area (Å²) in [5.41, 5.74) is 9.23. The van der Waals surface area contributed by atoms with Crippen molar-refractivity contribution in [3.8, 4) is 0 Å². The second-order valence-corrected chi connectivity index (χ2v) is 4.65. The molecule has 1 aromatic carbocycles. The molecule has 19 heavy (non-hydrogen) atoms. The van der Waals surface area contributed by atoms with Crippen LogP contribution >= 0.6 is 0 Å². The number of hydrogen-bond acceptors (Lipinski definition) is 3. The third-order valence-corrected chi connectivity index (χ3v) is 3.23. The van der Waals surface area contributed by atoms with E-state index in [1.54, 1.807) is 10.9 Å². The van der Waals surface area contributed by atoms with Gasteiger partial charge in [-0.05, 0) is 26.0 Å². The first-order valence-corrected chi connectivity index (χ1v) is 6.10. The van der Waals surface area contributed by atoms with E-state index in [0.29, 0.717) is 0 Å². The van der Waals surface area contributed by atoms with Crippen molar-refractivity contribution in [3.05, 3.63) is 47.3 Å². The first-order valence-electron chi connectivity index (χ1n) is 6.10. The molecule has 0 radical (unpaired) electrons. The lowest BCUT2D eigenvalue weighted by molar-refractivity contribution is -0.118. The number of nitrogens with zero attached hydrogens (tertiary/aromatic N) is 2. The van der Waals surface area contributed by atoms with Crippen LogP contribution in [0.3, 0.4) is 0 Å². The van der Waals surface area contributed by atoms with Gasteiger partial charge in [0.25, 0.3) is 0 Å². The molecule has 0 aliphatic rings. The Hall–Kier alpha value is -2.30. The van der Waals surface area contributed by atoms with Crippen LogP contribution in [0.4, 0.5) is 5.69 Å². The zero-order chi connectivity index (χ0) is 14.0. The first kappa shape index (κ1) is 13.1. The molecule has 1 heterocycles. The highest BCUT2D eigenvalue weighted by atomic mass is 16.1. The van der Waals surface area contributed by atoms with Gasteiger partial charge in [0.05, 0.1) is 6.20 Å². The summed E-state index contributed by atoms with van der Waals surface area (Å²) < 4.78 is 1.72. The largest absolute Gasteiger partial charge is 0.370 e. The number of benzene rings is 1. The average Bonchev–Trinajstić information content (AvgIpc) is 2.69. The number of carbonyl (C=O) groups excluding carboxylic acids is 1. The molecule has 3 N–H and O–H groups in total. The van der Waals surface area contributed by atoms with Gasteiger partial charge in [-0.1, -0.05) is 17.7 Å². The van der Waals surface area contributed by atoms with Gasteiger partial charge in [0.15, 0.2) is 0 Å². The van der Waals surface area contributed by atoms with Gasteiger partial charge < -0.3 is 11.1 Å². The molecular formula is C14H18N4O. The van der Waals surface area contributed by atoms with Crippen molar-refractivity contribution in [1.82, 2.24) is 9.78 Å². The maximum Gasteiger partial charge on any atom is 0.244 e. The molecule has 0 aliphatic carbocycles. The number of nitrogens with one attached hydrogen (secondary N) is 1. The van der Waals surface area contributed by atoms with E-state index in [1.165, 1.54) is 5.56 Å². The SMILES string of the molecule is Cc1ccc(NC(C(N)=O)c2cnn(C)c2C)cc1. The van der Waals surface area contributed by atoms with Crippen molar-refractivity contribution in [3.63, 3.8) is 0 Å². The molecule has 2 aromatic rings. The van der Waals surface area contributed by atoms with E-state index in [9.17, 15) is 4.79 Å². The minimum atomic E-state index is -0.573. The van der Waals surface area contributed by atoms with E-state index in [1.807, 2.05) is 45.2 Å². The second kappa shape index (κ2) is 5.14. The Labute approximate surface area is 112 Å². The molecule has 1 amide bonds. The number of aryl methyl sites for hydroxylation is 2. The second-order valence-electron chi connectivity index (χ2n) is 4.65. The van der Waals surface area contributed by atoms with Crippen LogP contribution in [0, 0.1) is 13.8 Å². The summed E-state index contributed by atoms with van der Waals surface area (Å²) >= 11 is 0. The average molecular weight is 258 g/mol. The molecule has 5 nitrogen and oxygen atoms in total. The summed E-state index contributed by atoms with van der Waals surface area (Å²) in [6.45, 7) is 3.93. The number of carbonyl (C=O) groups is 1. The molecule has 0 fully saturated rings. The van der Waals surface area contributed by atoms with Crippen molar-refractivity contribution < 1.29 is 4.79 Å². The Kier molecular flexibility index (Phi) is 3.55. The van der Waals surface area contributed by atoms with Crippen LogP contribution in [0.5, 0.6) is 0 Å². The van der Waals surface area contributed by atoms with E-state index in [0.717, 1.165) is 16.9 Å². The fourth-order valence-corrected chi connectivity index (χ4v) is 1.92. The third-order valence-electron chi connectivity index (χ3n) is 3.23. The third kappa shape index (κ3) is 2.76. The Bertz CT molecular complexity index is 586. The molecule has 0 saturated heterocycles. The summed E-state index contributed by atoms with van der Waals surface area (Å²) in [5.74, 6) is -0.420. The fourth-order valence-electron chi connectivity index (χ4n) is 1.92. The zero-order valence-corrected chi connectivity index (χ0v) is 11.3. The van der Waals surface area contributed by atoms with Crippen LogP contribution in [0.1, 0.15) is 22.9 Å². The molecule has 1 aromatic heterocycles.